The number of carbonyl (C=O) groups is 1. The molecule has 1 heterocycles. The zero-order chi connectivity index (χ0) is 15.6. The van der Waals surface area contributed by atoms with Crippen LogP contribution >= 0.6 is 0 Å². The molecule has 1 saturated heterocycles. The van der Waals surface area contributed by atoms with Crippen molar-refractivity contribution in [2.75, 3.05) is 26.2 Å². The maximum absolute atomic E-state index is 13.6. The fraction of sp³-hybridized carbons (Fsp3) is 0.467. The third kappa shape index (κ3) is 3.19. The van der Waals surface area contributed by atoms with E-state index in [1.807, 2.05) is 18.7 Å². The van der Waals surface area contributed by atoms with Gasteiger partial charge in [-0.05, 0) is 32.0 Å². The third-order valence-electron chi connectivity index (χ3n) is 3.79. The normalized spacial score (nSPS) is 16.6. The Morgan fingerprint density at radius 3 is 2.43 bits per heavy atom. The highest BCUT2D eigenvalue weighted by Crippen LogP contribution is 2.18. The standard InChI is InChI=1S/C15H17F2N3O/c1-15(2,10-18)20-7-5-19(6-8-20)14(21)12-9-11(16)3-4-13(12)17/h3-4,9H,5-8H2,1-2H3. The first kappa shape index (κ1) is 15.4. The van der Waals surface area contributed by atoms with E-state index in [9.17, 15) is 13.6 Å². The van der Waals surface area contributed by atoms with E-state index in [0.717, 1.165) is 18.2 Å². The fourth-order valence-corrected chi connectivity index (χ4v) is 2.37. The molecular weight excluding hydrogens is 276 g/mol. The Hall–Kier alpha value is -2.00. The minimum Gasteiger partial charge on any atom is -0.336 e. The minimum atomic E-state index is -0.721. The van der Waals surface area contributed by atoms with E-state index in [0.29, 0.717) is 26.2 Å². The summed E-state index contributed by atoms with van der Waals surface area (Å²) < 4.78 is 26.8. The van der Waals surface area contributed by atoms with E-state index < -0.39 is 23.1 Å². The molecule has 1 amide bonds. The molecule has 0 aliphatic carbocycles. The van der Waals surface area contributed by atoms with Gasteiger partial charge < -0.3 is 4.90 Å². The van der Waals surface area contributed by atoms with Gasteiger partial charge >= 0.3 is 0 Å². The monoisotopic (exact) mass is 293 g/mol. The van der Waals surface area contributed by atoms with Gasteiger partial charge in [-0.15, -0.1) is 0 Å². The Labute approximate surface area is 122 Å². The first-order chi connectivity index (χ1) is 9.85. The lowest BCUT2D eigenvalue weighted by Crippen LogP contribution is -2.55. The first-order valence-electron chi connectivity index (χ1n) is 6.76. The molecule has 0 saturated carbocycles. The van der Waals surface area contributed by atoms with Gasteiger partial charge in [-0.2, -0.15) is 5.26 Å². The summed E-state index contributed by atoms with van der Waals surface area (Å²) in [5.74, 6) is -1.87. The largest absolute Gasteiger partial charge is 0.336 e. The first-order valence-corrected chi connectivity index (χ1v) is 6.76. The van der Waals surface area contributed by atoms with Crippen molar-refractivity contribution in [3.8, 4) is 6.07 Å². The Balaban J connectivity index is 2.07. The van der Waals surface area contributed by atoms with E-state index in [1.54, 1.807) is 0 Å². The maximum atomic E-state index is 13.6. The average molecular weight is 293 g/mol. The van der Waals surface area contributed by atoms with Crippen LogP contribution in [0.25, 0.3) is 0 Å². The summed E-state index contributed by atoms with van der Waals surface area (Å²) >= 11 is 0. The van der Waals surface area contributed by atoms with Crippen LogP contribution in [0, 0.1) is 23.0 Å². The second kappa shape index (κ2) is 5.78. The number of rotatable bonds is 2. The number of benzene rings is 1. The number of nitrogens with zero attached hydrogens (tertiary/aromatic N) is 3. The molecule has 0 spiro atoms. The molecule has 112 valence electrons. The summed E-state index contributed by atoms with van der Waals surface area (Å²) in [6.45, 7) is 5.47. The van der Waals surface area contributed by atoms with Gasteiger partial charge in [-0.3, -0.25) is 9.69 Å². The van der Waals surface area contributed by atoms with Crippen LogP contribution in [-0.4, -0.2) is 47.4 Å². The molecule has 0 radical (unpaired) electrons. The van der Waals surface area contributed by atoms with Crippen molar-refractivity contribution in [1.82, 2.24) is 9.80 Å². The number of nitriles is 1. The molecule has 0 bridgehead atoms. The molecule has 1 aliphatic rings. The Morgan fingerprint density at radius 1 is 1.24 bits per heavy atom. The van der Waals surface area contributed by atoms with Crippen LogP contribution in [0.2, 0.25) is 0 Å². The highest BCUT2D eigenvalue weighted by Gasteiger charge is 2.31. The number of hydrogen-bond acceptors (Lipinski definition) is 3. The SMILES string of the molecule is CC(C)(C#N)N1CCN(C(=O)c2cc(F)ccc2F)CC1. The van der Waals surface area contributed by atoms with Crippen LogP contribution in [0.15, 0.2) is 18.2 Å². The van der Waals surface area contributed by atoms with Gasteiger partial charge in [-0.1, -0.05) is 0 Å². The summed E-state index contributed by atoms with van der Waals surface area (Å²) in [5.41, 5.74) is -0.845. The number of piperazine rings is 1. The van der Waals surface area contributed by atoms with Crippen molar-refractivity contribution in [2.45, 2.75) is 19.4 Å². The smallest absolute Gasteiger partial charge is 0.257 e. The lowest BCUT2D eigenvalue weighted by Gasteiger charge is -2.40. The summed E-state index contributed by atoms with van der Waals surface area (Å²) in [6.07, 6.45) is 0. The van der Waals surface area contributed by atoms with E-state index in [4.69, 9.17) is 5.26 Å². The molecule has 1 fully saturated rings. The number of carbonyl (C=O) groups excluding carboxylic acids is 1. The second-order valence-corrected chi connectivity index (χ2v) is 5.57. The minimum absolute atomic E-state index is 0.247. The average Bonchev–Trinajstić information content (AvgIpc) is 2.49. The summed E-state index contributed by atoms with van der Waals surface area (Å²) in [6, 6.07) is 5.08. The zero-order valence-corrected chi connectivity index (χ0v) is 12.1. The molecule has 0 atom stereocenters. The molecule has 4 nitrogen and oxygen atoms in total. The quantitative estimate of drug-likeness (QED) is 0.838. The lowest BCUT2D eigenvalue weighted by molar-refractivity contribution is 0.0516. The van der Waals surface area contributed by atoms with Gasteiger partial charge in [0, 0.05) is 26.2 Å². The van der Waals surface area contributed by atoms with Gasteiger partial charge in [0.2, 0.25) is 0 Å². The van der Waals surface area contributed by atoms with Crippen LogP contribution in [0.1, 0.15) is 24.2 Å². The Morgan fingerprint density at radius 2 is 1.86 bits per heavy atom. The molecule has 6 heteroatoms. The van der Waals surface area contributed by atoms with E-state index >= 15 is 0 Å². The van der Waals surface area contributed by atoms with Crippen LogP contribution in [0.5, 0.6) is 0 Å². The van der Waals surface area contributed by atoms with E-state index in [1.165, 1.54) is 4.90 Å². The van der Waals surface area contributed by atoms with Gasteiger partial charge in [0.05, 0.1) is 11.6 Å². The Kier molecular flexibility index (Phi) is 4.24. The molecule has 0 unspecified atom stereocenters. The van der Waals surface area contributed by atoms with Crippen LogP contribution < -0.4 is 0 Å². The second-order valence-electron chi connectivity index (χ2n) is 5.57. The maximum Gasteiger partial charge on any atom is 0.257 e. The van der Waals surface area contributed by atoms with E-state index in [2.05, 4.69) is 6.07 Å². The summed E-state index contributed by atoms with van der Waals surface area (Å²) in [4.78, 5) is 15.7. The molecule has 1 aromatic rings. The predicted octanol–water partition coefficient (Wildman–Crippen LogP) is 2.02. The number of halogens is 2. The predicted molar refractivity (Wildman–Crippen MR) is 73.5 cm³/mol. The molecule has 0 aromatic heterocycles. The molecule has 2 rings (SSSR count). The summed E-state index contributed by atoms with van der Waals surface area (Å²) in [7, 11) is 0. The Bertz CT molecular complexity index is 587. The van der Waals surface area contributed by atoms with Gasteiger partial charge in [0.15, 0.2) is 0 Å². The van der Waals surface area contributed by atoms with Gasteiger partial charge in [0.25, 0.3) is 5.91 Å². The third-order valence-corrected chi connectivity index (χ3v) is 3.79. The van der Waals surface area contributed by atoms with Crippen LogP contribution in [-0.2, 0) is 0 Å². The molecular formula is C15H17F2N3O. The van der Waals surface area contributed by atoms with Gasteiger partial charge in [-0.25, -0.2) is 8.78 Å². The van der Waals surface area contributed by atoms with Gasteiger partial charge in [0.1, 0.15) is 17.2 Å². The van der Waals surface area contributed by atoms with Crippen molar-refractivity contribution < 1.29 is 13.6 Å². The topological polar surface area (TPSA) is 47.3 Å². The molecule has 21 heavy (non-hydrogen) atoms. The molecule has 1 aliphatic heterocycles. The number of amides is 1. The number of hydrogen-bond donors (Lipinski definition) is 0. The lowest BCUT2D eigenvalue weighted by atomic mass is 10.0. The van der Waals surface area contributed by atoms with Crippen molar-refractivity contribution in [3.63, 3.8) is 0 Å². The van der Waals surface area contributed by atoms with Crippen molar-refractivity contribution in [2.24, 2.45) is 0 Å². The highest BCUT2D eigenvalue weighted by atomic mass is 19.1. The fourth-order valence-electron chi connectivity index (χ4n) is 2.37. The highest BCUT2D eigenvalue weighted by molar-refractivity contribution is 5.94. The molecule has 1 aromatic carbocycles. The van der Waals surface area contributed by atoms with Crippen molar-refractivity contribution >= 4 is 5.91 Å². The van der Waals surface area contributed by atoms with Crippen LogP contribution in [0.4, 0.5) is 8.78 Å². The van der Waals surface area contributed by atoms with E-state index in [-0.39, 0.29) is 5.56 Å². The zero-order valence-electron chi connectivity index (χ0n) is 12.1. The van der Waals surface area contributed by atoms with Crippen LogP contribution in [0.3, 0.4) is 0 Å². The van der Waals surface area contributed by atoms with Crippen molar-refractivity contribution in [3.05, 3.63) is 35.4 Å². The summed E-state index contributed by atoms with van der Waals surface area (Å²) in [5, 5.41) is 9.10. The molecule has 0 N–H and O–H groups in total. The van der Waals surface area contributed by atoms with Crippen molar-refractivity contribution in [1.29, 1.82) is 5.26 Å².